The zero-order chi connectivity index (χ0) is 14.2. The average molecular weight is 270 g/mol. The highest BCUT2D eigenvalue weighted by Gasteiger charge is 2.07. The Morgan fingerprint density at radius 1 is 1.50 bits per heavy atom. The SMILES string of the molecule is N#CCCCOc1cccc(NC(=O)c2cn[nH]c2)c1. The molecule has 0 bridgehead atoms. The quantitative estimate of drug-likeness (QED) is 0.788. The van der Waals surface area contributed by atoms with Crippen LogP contribution < -0.4 is 10.1 Å². The van der Waals surface area contributed by atoms with Crippen LogP contribution >= 0.6 is 0 Å². The van der Waals surface area contributed by atoms with Crippen LogP contribution in [0.25, 0.3) is 0 Å². The number of hydrogen-bond donors (Lipinski definition) is 2. The summed E-state index contributed by atoms with van der Waals surface area (Å²) in [6.07, 6.45) is 4.13. The van der Waals surface area contributed by atoms with Crippen molar-refractivity contribution in [1.29, 1.82) is 5.26 Å². The first-order valence-corrected chi connectivity index (χ1v) is 6.19. The Morgan fingerprint density at radius 3 is 3.15 bits per heavy atom. The normalized spacial score (nSPS) is 9.75. The summed E-state index contributed by atoms with van der Waals surface area (Å²) < 4.78 is 5.50. The number of aromatic amines is 1. The van der Waals surface area contributed by atoms with Gasteiger partial charge in [-0.1, -0.05) is 6.07 Å². The van der Waals surface area contributed by atoms with Crippen LogP contribution in [0.2, 0.25) is 0 Å². The molecule has 102 valence electrons. The first-order chi connectivity index (χ1) is 9.79. The van der Waals surface area contributed by atoms with E-state index in [0.717, 1.165) is 0 Å². The number of benzene rings is 1. The van der Waals surface area contributed by atoms with E-state index in [2.05, 4.69) is 21.6 Å². The van der Waals surface area contributed by atoms with E-state index in [-0.39, 0.29) is 5.91 Å². The number of nitrogens with zero attached hydrogens (tertiary/aromatic N) is 2. The topological polar surface area (TPSA) is 90.8 Å². The van der Waals surface area contributed by atoms with Gasteiger partial charge in [0.05, 0.1) is 24.4 Å². The highest BCUT2D eigenvalue weighted by molar-refractivity contribution is 6.03. The standard InChI is InChI=1S/C14H14N4O2/c15-6-1-2-7-20-13-5-3-4-12(8-13)18-14(19)11-9-16-17-10-11/h3-5,8-10H,1-2,7H2,(H,16,17)(H,18,19). The van der Waals surface area contributed by atoms with Crippen molar-refractivity contribution in [3.05, 3.63) is 42.2 Å². The second kappa shape index (κ2) is 6.95. The summed E-state index contributed by atoms with van der Waals surface area (Å²) in [5, 5.41) is 17.5. The van der Waals surface area contributed by atoms with Crippen molar-refractivity contribution in [1.82, 2.24) is 10.2 Å². The maximum Gasteiger partial charge on any atom is 0.258 e. The fourth-order valence-electron chi connectivity index (χ4n) is 1.58. The molecule has 0 saturated carbocycles. The van der Waals surface area contributed by atoms with Crippen LogP contribution in [0.15, 0.2) is 36.7 Å². The molecule has 0 aliphatic carbocycles. The van der Waals surface area contributed by atoms with Crippen molar-refractivity contribution in [3.8, 4) is 11.8 Å². The average Bonchev–Trinajstić information content (AvgIpc) is 2.98. The molecule has 2 N–H and O–H groups in total. The zero-order valence-corrected chi connectivity index (χ0v) is 10.8. The molecular formula is C14H14N4O2. The van der Waals surface area contributed by atoms with E-state index in [4.69, 9.17) is 10.00 Å². The van der Waals surface area contributed by atoms with Gasteiger partial charge in [-0.15, -0.1) is 0 Å². The molecule has 0 aliphatic heterocycles. The highest BCUT2D eigenvalue weighted by Crippen LogP contribution is 2.18. The molecule has 0 aliphatic rings. The summed E-state index contributed by atoms with van der Waals surface area (Å²) in [5.74, 6) is 0.424. The zero-order valence-electron chi connectivity index (χ0n) is 10.8. The second-order valence-corrected chi connectivity index (χ2v) is 4.08. The van der Waals surface area contributed by atoms with Gasteiger partial charge in [0.2, 0.25) is 0 Å². The van der Waals surface area contributed by atoms with E-state index >= 15 is 0 Å². The molecule has 6 heteroatoms. The Morgan fingerprint density at radius 2 is 2.40 bits per heavy atom. The Hall–Kier alpha value is -2.81. The predicted molar refractivity (Wildman–Crippen MR) is 73.3 cm³/mol. The number of rotatable bonds is 6. The monoisotopic (exact) mass is 270 g/mol. The second-order valence-electron chi connectivity index (χ2n) is 4.08. The summed E-state index contributed by atoms with van der Waals surface area (Å²) >= 11 is 0. The smallest absolute Gasteiger partial charge is 0.258 e. The van der Waals surface area contributed by atoms with E-state index < -0.39 is 0 Å². The van der Waals surface area contributed by atoms with Crippen molar-refractivity contribution in [2.75, 3.05) is 11.9 Å². The van der Waals surface area contributed by atoms with Crippen LogP contribution in [0, 0.1) is 11.3 Å². The summed E-state index contributed by atoms with van der Waals surface area (Å²) in [6, 6.07) is 9.18. The first kappa shape index (κ1) is 13.6. The molecule has 1 aromatic carbocycles. The Labute approximate surface area is 116 Å². The Balaban J connectivity index is 1.92. The van der Waals surface area contributed by atoms with Gasteiger partial charge in [-0.25, -0.2) is 0 Å². The molecule has 0 unspecified atom stereocenters. The third-order valence-corrected chi connectivity index (χ3v) is 2.55. The fourth-order valence-corrected chi connectivity index (χ4v) is 1.58. The lowest BCUT2D eigenvalue weighted by atomic mass is 10.2. The number of aromatic nitrogens is 2. The van der Waals surface area contributed by atoms with Crippen molar-refractivity contribution in [2.45, 2.75) is 12.8 Å². The van der Waals surface area contributed by atoms with E-state index in [9.17, 15) is 4.79 Å². The molecule has 1 heterocycles. The van der Waals surface area contributed by atoms with Crippen LogP contribution in [-0.2, 0) is 0 Å². The number of amides is 1. The van der Waals surface area contributed by atoms with E-state index in [1.165, 1.54) is 12.4 Å². The summed E-state index contributed by atoms with van der Waals surface area (Å²) in [6.45, 7) is 0.479. The van der Waals surface area contributed by atoms with Gasteiger partial charge in [0.15, 0.2) is 0 Å². The lowest BCUT2D eigenvalue weighted by Crippen LogP contribution is -2.11. The number of unbranched alkanes of at least 4 members (excludes halogenated alkanes) is 1. The fraction of sp³-hybridized carbons (Fsp3) is 0.214. The third-order valence-electron chi connectivity index (χ3n) is 2.55. The minimum absolute atomic E-state index is 0.236. The number of carbonyl (C=O) groups is 1. The van der Waals surface area contributed by atoms with Gasteiger partial charge in [-0.05, 0) is 18.6 Å². The number of carbonyl (C=O) groups excluding carboxylic acids is 1. The first-order valence-electron chi connectivity index (χ1n) is 6.19. The van der Waals surface area contributed by atoms with Crippen LogP contribution in [-0.4, -0.2) is 22.7 Å². The number of ether oxygens (including phenoxy) is 1. The van der Waals surface area contributed by atoms with Crippen LogP contribution in [0.3, 0.4) is 0 Å². The molecule has 2 aromatic rings. The maximum atomic E-state index is 11.8. The number of H-pyrrole nitrogens is 1. The molecule has 6 nitrogen and oxygen atoms in total. The maximum absolute atomic E-state index is 11.8. The lowest BCUT2D eigenvalue weighted by molar-refractivity contribution is 0.102. The predicted octanol–water partition coefficient (Wildman–Crippen LogP) is 2.34. The number of anilines is 1. The minimum Gasteiger partial charge on any atom is -0.493 e. The highest BCUT2D eigenvalue weighted by atomic mass is 16.5. The molecule has 2 rings (SSSR count). The van der Waals surface area contributed by atoms with Crippen LogP contribution in [0.5, 0.6) is 5.75 Å². The van der Waals surface area contributed by atoms with Gasteiger partial charge in [-0.2, -0.15) is 10.4 Å². The van der Waals surface area contributed by atoms with Gasteiger partial charge in [0.1, 0.15) is 5.75 Å². The Kier molecular flexibility index (Phi) is 4.73. The number of nitriles is 1. The summed E-state index contributed by atoms with van der Waals surface area (Å²) in [4.78, 5) is 11.8. The Bertz CT molecular complexity index is 602. The number of nitrogens with one attached hydrogen (secondary N) is 2. The molecular weight excluding hydrogens is 256 g/mol. The van der Waals surface area contributed by atoms with Gasteiger partial charge in [0, 0.05) is 24.4 Å². The van der Waals surface area contributed by atoms with Gasteiger partial charge >= 0.3 is 0 Å². The van der Waals surface area contributed by atoms with Crippen molar-refractivity contribution in [2.24, 2.45) is 0 Å². The van der Waals surface area contributed by atoms with Gasteiger partial charge in [-0.3, -0.25) is 9.89 Å². The number of hydrogen-bond acceptors (Lipinski definition) is 4. The minimum atomic E-state index is -0.236. The summed E-state index contributed by atoms with van der Waals surface area (Å²) in [7, 11) is 0. The van der Waals surface area contributed by atoms with E-state index in [0.29, 0.717) is 36.4 Å². The van der Waals surface area contributed by atoms with Crippen molar-refractivity contribution < 1.29 is 9.53 Å². The van der Waals surface area contributed by atoms with Gasteiger partial charge < -0.3 is 10.1 Å². The van der Waals surface area contributed by atoms with Crippen LogP contribution in [0.1, 0.15) is 23.2 Å². The molecule has 1 amide bonds. The molecule has 0 atom stereocenters. The molecule has 0 saturated heterocycles. The van der Waals surface area contributed by atoms with Crippen molar-refractivity contribution in [3.63, 3.8) is 0 Å². The molecule has 1 aromatic heterocycles. The van der Waals surface area contributed by atoms with Gasteiger partial charge in [0.25, 0.3) is 5.91 Å². The van der Waals surface area contributed by atoms with Crippen molar-refractivity contribution >= 4 is 11.6 Å². The third kappa shape index (κ3) is 3.85. The van der Waals surface area contributed by atoms with E-state index in [1.54, 1.807) is 24.3 Å². The lowest BCUT2D eigenvalue weighted by Gasteiger charge is -2.08. The molecule has 0 fully saturated rings. The molecule has 0 radical (unpaired) electrons. The summed E-state index contributed by atoms with van der Waals surface area (Å²) in [5.41, 5.74) is 1.11. The largest absolute Gasteiger partial charge is 0.493 e. The molecule has 20 heavy (non-hydrogen) atoms. The van der Waals surface area contributed by atoms with E-state index in [1.807, 2.05) is 0 Å². The molecule has 0 spiro atoms. The van der Waals surface area contributed by atoms with Crippen LogP contribution in [0.4, 0.5) is 5.69 Å².